The Kier molecular flexibility index (Phi) is 4.82. The van der Waals surface area contributed by atoms with E-state index in [2.05, 4.69) is 5.32 Å². The molecule has 0 saturated heterocycles. The Balaban J connectivity index is 2.77. The summed E-state index contributed by atoms with van der Waals surface area (Å²) in [7, 11) is 0. The molecule has 0 fully saturated rings. The Bertz CT molecular complexity index is 478. The van der Waals surface area contributed by atoms with Gasteiger partial charge in [-0.2, -0.15) is 0 Å². The van der Waals surface area contributed by atoms with Crippen LogP contribution in [-0.4, -0.2) is 29.5 Å². The minimum Gasteiger partial charge on any atom is -0.491 e. The van der Waals surface area contributed by atoms with Crippen LogP contribution < -0.4 is 15.8 Å². The van der Waals surface area contributed by atoms with E-state index in [4.69, 9.17) is 10.5 Å². The summed E-state index contributed by atoms with van der Waals surface area (Å²) < 4.78 is 5.41. The first-order valence-electron chi connectivity index (χ1n) is 5.81. The van der Waals surface area contributed by atoms with Gasteiger partial charge < -0.3 is 15.8 Å². The van der Waals surface area contributed by atoms with Crippen LogP contribution in [-0.2, 0) is 4.79 Å². The number of nitrogens with one attached hydrogen (secondary N) is 1. The topological polar surface area (TPSA) is 107 Å². The van der Waals surface area contributed by atoms with E-state index in [1.807, 2.05) is 6.92 Å². The second kappa shape index (κ2) is 6.14. The third kappa shape index (κ3) is 3.92. The molecule has 1 amide bonds. The smallest absolute Gasteiger partial charge is 0.273 e. The minimum atomic E-state index is -1.01. The number of hydrogen-bond donors (Lipinski definition) is 2. The van der Waals surface area contributed by atoms with E-state index >= 15 is 0 Å². The van der Waals surface area contributed by atoms with Gasteiger partial charge in [0.2, 0.25) is 5.91 Å². The molecule has 7 heteroatoms. The van der Waals surface area contributed by atoms with Crippen LogP contribution in [0.25, 0.3) is 0 Å². The number of likely N-dealkylation sites (N-methyl/N-ethyl adjacent to an activating group) is 1. The highest BCUT2D eigenvalue weighted by molar-refractivity contribution is 5.84. The lowest BCUT2D eigenvalue weighted by Crippen LogP contribution is -2.57. The Morgan fingerprint density at radius 1 is 1.58 bits per heavy atom. The van der Waals surface area contributed by atoms with Crippen molar-refractivity contribution in [2.75, 3.05) is 13.2 Å². The molecule has 1 aromatic rings. The third-order valence-corrected chi connectivity index (χ3v) is 2.67. The van der Waals surface area contributed by atoms with E-state index in [1.54, 1.807) is 13.0 Å². The number of nitro groups is 1. The van der Waals surface area contributed by atoms with E-state index < -0.39 is 16.4 Å². The molecule has 0 radical (unpaired) electrons. The predicted molar refractivity (Wildman–Crippen MR) is 69.9 cm³/mol. The Morgan fingerprint density at radius 3 is 2.79 bits per heavy atom. The van der Waals surface area contributed by atoms with Crippen LogP contribution in [0.1, 0.15) is 13.8 Å². The van der Waals surface area contributed by atoms with E-state index in [1.165, 1.54) is 18.2 Å². The van der Waals surface area contributed by atoms with Gasteiger partial charge in [-0.15, -0.1) is 0 Å². The highest BCUT2D eigenvalue weighted by Gasteiger charge is 2.31. The van der Waals surface area contributed by atoms with Crippen LogP contribution in [0.15, 0.2) is 24.3 Å². The summed E-state index contributed by atoms with van der Waals surface area (Å²) in [5, 5.41) is 13.6. The zero-order valence-electron chi connectivity index (χ0n) is 10.9. The molecule has 19 heavy (non-hydrogen) atoms. The molecule has 0 bridgehead atoms. The lowest BCUT2D eigenvalue weighted by atomic mass is 10.0. The zero-order chi connectivity index (χ0) is 14.5. The Hall–Kier alpha value is -2.15. The number of carbonyl (C=O) groups excluding carboxylic acids is 1. The highest BCUT2D eigenvalue weighted by Crippen LogP contribution is 2.20. The fourth-order valence-corrected chi connectivity index (χ4v) is 1.51. The van der Waals surface area contributed by atoms with Gasteiger partial charge in [0.05, 0.1) is 11.0 Å². The summed E-state index contributed by atoms with van der Waals surface area (Å²) in [6, 6.07) is 5.76. The summed E-state index contributed by atoms with van der Waals surface area (Å²) >= 11 is 0. The fraction of sp³-hybridized carbons (Fsp3) is 0.417. The van der Waals surface area contributed by atoms with Gasteiger partial charge in [0, 0.05) is 6.07 Å². The van der Waals surface area contributed by atoms with Crippen molar-refractivity contribution in [1.82, 2.24) is 5.32 Å². The van der Waals surface area contributed by atoms with Gasteiger partial charge in [-0.3, -0.25) is 14.9 Å². The first-order valence-corrected chi connectivity index (χ1v) is 5.81. The SMILES string of the molecule is CCNC(C)(COc1cccc([N+](=O)[O-])c1)C(N)=O. The molecule has 1 atom stereocenters. The van der Waals surface area contributed by atoms with Gasteiger partial charge in [-0.1, -0.05) is 13.0 Å². The average Bonchev–Trinajstić information content (AvgIpc) is 2.37. The molecule has 0 heterocycles. The molecular weight excluding hydrogens is 250 g/mol. The second-order valence-corrected chi connectivity index (χ2v) is 4.27. The first-order chi connectivity index (χ1) is 8.89. The van der Waals surface area contributed by atoms with Gasteiger partial charge in [-0.25, -0.2) is 0 Å². The molecule has 0 aliphatic heterocycles. The number of carbonyl (C=O) groups is 1. The minimum absolute atomic E-state index is 0.00264. The van der Waals surface area contributed by atoms with E-state index in [0.29, 0.717) is 12.3 Å². The highest BCUT2D eigenvalue weighted by atomic mass is 16.6. The van der Waals surface area contributed by atoms with Crippen LogP contribution >= 0.6 is 0 Å². The van der Waals surface area contributed by atoms with Crippen molar-refractivity contribution >= 4 is 11.6 Å². The maximum Gasteiger partial charge on any atom is 0.273 e. The summed E-state index contributed by atoms with van der Waals surface area (Å²) in [6.45, 7) is 4.01. The van der Waals surface area contributed by atoms with Crippen molar-refractivity contribution in [2.45, 2.75) is 19.4 Å². The number of primary amides is 1. The van der Waals surface area contributed by atoms with Gasteiger partial charge in [0.1, 0.15) is 17.9 Å². The molecule has 0 saturated carbocycles. The summed E-state index contributed by atoms with van der Waals surface area (Å²) in [5.41, 5.74) is 4.23. The Morgan fingerprint density at radius 2 is 2.26 bits per heavy atom. The van der Waals surface area contributed by atoms with E-state index in [9.17, 15) is 14.9 Å². The molecule has 1 unspecified atom stereocenters. The monoisotopic (exact) mass is 267 g/mol. The number of nitro benzene ring substituents is 1. The van der Waals surface area contributed by atoms with Crippen LogP contribution in [0.5, 0.6) is 5.75 Å². The van der Waals surface area contributed by atoms with Crippen LogP contribution in [0.4, 0.5) is 5.69 Å². The van der Waals surface area contributed by atoms with Crippen molar-refractivity contribution in [2.24, 2.45) is 5.73 Å². The number of amides is 1. The summed E-state index contributed by atoms with van der Waals surface area (Å²) in [6.07, 6.45) is 0. The maximum absolute atomic E-state index is 11.4. The summed E-state index contributed by atoms with van der Waals surface area (Å²) in [5.74, 6) is -0.223. The quantitative estimate of drug-likeness (QED) is 0.562. The summed E-state index contributed by atoms with van der Waals surface area (Å²) in [4.78, 5) is 21.5. The molecule has 7 nitrogen and oxygen atoms in total. The number of nitrogens with zero attached hydrogens (tertiary/aromatic N) is 1. The zero-order valence-corrected chi connectivity index (χ0v) is 10.9. The molecule has 104 valence electrons. The molecule has 1 rings (SSSR count). The number of non-ortho nitro benzene ring substituents is 1. The van der Waals surface area contributed by atoms with Crippen molar-refractivity contribution in [1.29, 1.82) is 0 Å². The molecule has 0 aliphatic carbocycles. The maximum atomic E-state index is 11.4. The van der Waals surface area contributed by atoms with Gasteiger partial charge in [-0.05, 0) is 19.5 Å². The van der Waals surface area contributed by atoms with Crippen molar-refractivity contribution in [3.8, 4) is 5.75 Å². The fourth-order valence-electron chi connectivity index (χ4n) is 1.51. The van der Waals surface area contributed by atoms with Crippen LogP contribution in [0.2, 0.25) is 0 Å². The van der Waals surface area contributed by atoms with Crippen LogP contribution in [0.3, 0.4) is 0 Å². The largest absolute Gasteiger partial charge is 0.491 e. The van der Waals surface area contributed by atoms with Crippen molar-refractivity contribution < 1.29 is 14.5 Å². The lowest BCUT2D eigenvalue weighted by Gasteiger charge is -2.26. The molecule has 0 spiro atoms. The molecule has 1 aromatic carbocycles. The first kappa shape index (κ1) is 14.9. The standard InChI is InChI=1S/C12H17N3O4/c1-3-14-12(2,11(13)16)8-19-10-6-4-5-9(7-10)15(17)18/h4-7,14H,3,8H2,1-2H3,(H2,13,16). The van der Waals surface area contributed by atoms with Gasteiger partial charge >= 0.3 is 0 Å². The third-order valence-electron chi connectivity index (χ3n) is 2.67. The number of hydrogen-bond acceptors (Lipinski definition) is 5. The second-order valence-electron chi connectivity index (χ2n) is 4.27. The molecular formula is C12H17N3O4. The normalized spacial score (nSPS) is 13.6. The number of ether oxygens (including phenoxy) is 1. The van der Waals surface area contributed by atoms with Gasteiger partial charge in [0.25, 0.3) is 5.69 Å². The number of benzene rings is 1. The van der Waals surface area contributed by atoms with Crippen molar-refractivity contribution in [3.05, 3.63) is 34.4 Å². The lowest BCUT2D eigenvalue weighted by molar-refractivity contribution is -0.384. The average molecular weight is 267 g/mol. The number of rotatable bonds is 7. The Labute approximate surface area is 110 Å². The predicted octanol–water partition coefficient (Wildman–Crippen LogP) is 0.827. The van der Waals surface area contributed by atoms with Crippen LogP contribution in [0, 0.1) is 10.1 Å². The molecule has 0 aromatic heterocycles. The van der Waals surface area contributed by atoms with Crippen molar-refractivity contribution in [3.63, 3.8) is 0 Å². The van der Waals surface area contributed by atoms with E-state index in [-0.39, 0.29) is 12.3 Å². The van der Waals surface area contributed by atoms with Gasteiger partial charge in [0.15, 0.2) is 0 Å². The van der Waals surface area contributed by atoms with E-state index in [0.717, 1.165) is 0 Å². The number of nitrogens with two attached hydrogens (primary N) is 1. The molecule has 0 aliphatic rings. The molecule has 3 N–H and O–H groups in total.